The largest absolute Gasteiger partial charge is 0.382 e. The second kappa shape index (κ2) is 5.24. The Morgan fingerprint density at radius 1 is 1.47 bits per heavy atom. The van der Waals surface area contributed by atoms with Crippen molar-refractivity contribution in [2.24, 2.45) is 5.92 Å². The molecule has 1 unspecified atom stereocenters. The quantitative estimate of drug-likeness (QED) is 0.851. The fourth-order valence-electron chi connectivity index (χ4n) is 1.04. The van der Waals surface area contributed by atoms with Crippen LogP contribution in [0.5, 0.6) is 0 Å². The van der Waals surface area contributed by atoms with E-state index in [0.29, 0.717) is 22.8 Å². The molecule has 0 aliphatic heterocycles. The Labute approximate surface area is 93.9 Å². The average molecular weight is 220 g/mol. The van der Waals surface area contributed by atoms with Crippen LogP contribution in [0.4, 0.5) is 5.69 Å². The molecule has 0 heterocycles. The molecule has 0 fully saturated rings. The highest BCUT2D eigenvalue weighted by Crippen LogP contribution is 2.22. The Morgan fingerprint density at radius 3 is 2.80 bits per heavy atom. The second-order valence-corrected chi connectivity index (χ2v) is 3.62. The van der Waals surface area contributed by atoms with Crippen molar-refractivity contribution < 1.29 is 0 Å². The first kappa shape index (κ1) is 11.4. The Balaban J connectivity index is 2.77. The molecule has 76 valence electrons. The van der Waals surface area contributed by atoms with Crippen molar-refractivity contribution in [2.45, 2.75) is 6.92 Å². The third-order valence-corrected chi connectivity index (χ3v) is 2.24. The molecule has 1 rings (SSSR count). The third kappa shape index (κ3) is 3.16. The molecule has 0 aliphatic carbocycles. The van der Waals surface area contributed by atoms with Gasteiger partial charge in [-0.3, -0.25) is 0 Å². The van der Waals surface area contributed by atoms with E-state index in [-0.39, 0.29) is 5.92 Å². The maximum Gasteiger partial charge on any atom is 0.0992 e. The van der Waals surface area contributed by atoms with Crippen molar-refractivity contribution in [1.29, 1.82) is 10.5 Å². The minimum absolute atomic E-state index is 0.0909. The number of halogens is 1. The fourth-order valence-corrected chi connectivity index (χ4v) is 1.22. The molecule has 1 aromatic rings. The van der Waals surface area contributed by atoms with Crippen LogP contribution >= 0.6 is 11.6 Å². The van der Waals surface area contributed by atoms with Crippen molar-refractivity contribution in [3.63, 3.8) is 0 Å². The van der Waals surface area contributed by atoms with E-state index < -0.39 is 0 Å². The topological polar surface area (TPSA) is 59.6 Å². The summed E-state index contributed by atoms with van der Waals surface area (Å²) in [7, 11) is 0. The van der Waals surface area contributed by atoms with Crippen molar-refractivity contribution in [3.05, 3.63) is 28.8 Å². The van der Waals surface area contributed by atoms with Gasteiger partial charge in [0.1, 0.15) is 0 Å². The summed E-state index contributed by atoms with van der Waals surface area (Å²) in [5.41, 5.74) is 1.24. The van der Waals surface area contributed by atoms with Gasteiger partial charge in [0.2, 0.25) is 0 Å². The molecule has 0 bridgehead atoms. The van der Waals surface area contributed by atoms with E-state index in [9.17, 15) is 0 Å². The monoisotopic (exact) mass is 219 g/mol. The normalized spacial score (nSPS) is 11.2. The van der Waals surface area contributed by atoms with Gasteiger partial charge in [0.25, 0.3) is 0 Å². The number of nitriles is 2. The molecule has 1 N–H and O–H groups in total. The van der Waals surface area contributed by atoms with Crippen LogP contribution < -0.4 is 5.32 Å². The van der Waals surface area contributed by atoms with Crippen LogP contribution in [-0.4, -0.2) is 6.54 Å². The molecule has 0 radical (unpaired) electrons. The lowest BCUT2D eigenvalue weighted by molar-refractivity contribution is 0.786. The van der Waals surface area contributed by atoms with Crippen LogP contribution in [0.25, 0.3) is 0 Å². The molecule has 0 amide bonds. The first-order valence-electron chi connectivity index (χ1n) is 4.50. The van der Waals surface area contributed by atoms with Crippen LogP contribution in [0, 0.1) is 28.6 Å². The first-order valence-corrected chi connectivity index (χ1v) is 4.88. The first-order chi connectivity index (χ1) is 7.17. The van der Waals surface area contributed by atoms with Crippen molar-refractivity contribution in [3.8, 4) is 12.1 Å². The Kier molecular flexibility index (Phi) is 3.97. The summed E-state index contributed by atoms with van der Waals surface area (Å²) in [6.07, 6.45) is 0. The highest BCUT2D eigenvalue weighted by Gasteiger charge is 2.03. The summed E-state index contributed by atoms with van der Waals surface area (Å²) in [5, 5.41) is 20.9. The van der Waals surface area contributed by atoms with Crippen molar-refractivity contribution in [2.75, 3.05) is 11.9 Å². The zero-order valence-electron chi connectivity index (χ0n) is 8.29. The van der Waals surface area contributed by atoms with E-state index in [1.54, 1.807) is 18.2 Å². The predicted octanol–water partition coefficient (Wildman–Crippen LogP) is 2.78. The highest BCUT2D eigenvalue weighted by molar-refractivity contribution is 6.33. The summed E-state index contributed by atoms with van der Waals surface area (Å²) in [5.74, 6) is -0.0909. The lowest BCUT2D eigenvalue weighted by Crippen LogP contribution is -2.09. The van der Waals surface area contributed by atoms with Gasteiger partial charge in [0, 0.05) is 6.54 Å². The predicted molar refractivity (Wildman–Crippen MR) is 59.4 cm³/mol. The number of benzene rings is 1. The van der Waals surface area contributed by atoms with E-state index in [4.69, 9.17) is 22.1 Å². The summed E-state index contributed by atoms with van der Waals surface area (Å²) >= 11 is 5.93. The van der Waals surface area contributed by atoms with Crippen LogP contribution in [-0.2, 0) is 0 Å². The van der Waals surface area contributed by atoms with Gasteiger partial charge in [-0.05, 0) is 25.1 Å². The second-order valence-electron chi connectivity index (χ2n) is 3.22. The van der Waals surface area contributed by atoms with Crippen LogP contribution in [0.15, 0.2) is 18.2 Å². The third-order valence-electron chi connectivity index (χ3n) is 1.91. The lowest BCUT2D eigenvalue weighted by Gasteiger charge is -2.09. The van der Waals surface area contributed by atoms with Crippen LogP contribution in [0.1, 0.15) is 12.5 Å². The van der Waals surface area contributed by atoms with Gasteiger partial charge in [0.15, 0.2) is 0 Å². The molecular formula is C11H10ClN3. The Morgan fingerprint density at radius 2 is 2.20 bits per heavy atom. The van der Waals surface area contributed by atoms with Crippen molar-refractivity contribution in [1.82, 2.24) is 0 Å². The standard InChI is InChI=1S/C11H10ClN3/c1-8(5-13)7-15-11-4-9(6-14)2-3-10(11)12/h2-4,8,15H,7H2,1H3. The van der Waals surface area contributed by atoms with Gasteiger partial charge in [0.05, 0.1) is 34.3 Å². The van der Waals surface area contributed by atoms with Gasteiger partial charge in [-0.25, -0.2) is 0 Å². The molecule has 4 heteroatoms. The van der Waals surface area contributed by atoms with Crippen LogP contribution in [0.3, 0.4) is 0 Å². The molecule has 0 saturated heterocycles. The van der Waals surface area contributed by atoms with E-state index in [1.165, 1.54) is 0 Å². The van der Waals surface area contributed by atoms with Crippen molar-refractivity contribution >= 4 is 17.3 Å². The molecule has 0 saturated carbocycles. The molecule has 0 aliphatic rings. The minimum atomic E-state index is -0.0909. The molecule has 0 spiro atoms. The SMILES string of the molecule is CC(C#N)CNc1cc(C#N)ccc1Cl. The fraction of sp³-hybridized carbons (Fsp3) is 0.273. The molecule has 1 atom stereocenters. The number of anilines is 1. The summed E-state index contributed by atoms with van der Waals surface area (Å²) in [6, 6.07) is 9.14. The smallest absolute Gasteiger partial charge is 0.0992 e. The number of nitrogens with zero attached hydrogens (tertiary/aromatic N) is 2. The van der Waals surface area contributed by atoms with Gasteiger partial charge in [-0.2, -0.15) is 10.5 Å². The number of hydrogen-bond donors (Lipinski definition) is 1. The molecule has 1 aromatic carbocycles. The maximum atomic E-state index is 8.70. The maximum absolute atomic E-state index is 8.70. The summed E-state index contributed by atoms with van der Waals surface area (Å²) < 4.78 is 0. The van der Waals surface area contributed by atoms with Gasteiger partial charge >= 0.3 is 0 Å². The molecule has 15 heavy (non-hydrogen) atoms. The molecule has 0 aromatic heterocycles. The van der Waals surface area contributed by atoms with E-state index >= 15 is 0 Å². The zero-order valence-corrected chi connectivity index (χ0v) is 9.04. The molecular weight excluding hydrogens is 210 g/mol. The van der Waals surface area contributed by atoms with E-state index in [2.05, 4.69) is 11.4 Å². The average Bonchev–Trinajstić information content (AvgIpc) is 2.27. The van der Waals surface area contributed by atoms with E-state index in [0.717, 1.165) is 0 Å². The number of hydrogen-bond acceptors (Lipinski definition) is 3. The van der Waals surface area contributed by atoms with Crippen LogP contribution in [0.2, 0.25) is 5.02 Å². The lowest BCUT2D eigenvalue weighted by atomic mass is 10.2. The van der Waals surface area contributed by atoms with Gasteiger partial charge < -0.3 is 5.32 Å². The Bertz CT molecular complexity index is 428. The zero-order chi connectivity index (χ0) is 11.3. The Hall–Kier alpha value is -1.71. The van der Waals surface area contributed by atoms with Gasteiger partial charge in [-0.1, -0.05) is 11.6 Å². The summed E-state index contributed by atoms with van der Waals surface area (Å²) in [6.45, 7) is 2.33. The highest BCUT2D eigenvalue weighted by atomic mass is 35.5. The van der Waals surface area contributed by atoms with Gasteiger partial charge in [-0.15, -0.1) is 0 Å². The molecule has 3 nitrogen and oxygen atoms in total. The number of nitrogens with one attached hydrogen (secondary N) is 1. The minimum Gasteiger partial charge on any atom is -0.382 e. The summed E-state index contributed by atoms with van der Waals surface area (Å²) in [4.78, 5) is 0. The van der Waals surface area contributed by atoms with E-state index in [1.807, 2.05) is 13.0 Å². The number of rotatable bonds is 3.